The van der Waals surface area contributed by atoms with Crippen molar-refractivity contribution in [1.29, 1.82) is 0 Å². The number of imidazole rings is 1. The fourth-order valence-corrected chi connectivity index (χ4v) is 5.68. The molecule has 2 aliphatic heterocycles. The van der Waals surface area contributed by atoms with E-state index in [0.717, 1.165) is 80.2 Å². The Kier molecular flexibility index (Phi) is 7.04. The Bertz CT molecular complexity index is 1490. The second-order valence-corrected chi connectivity index (χ2v) is 10.2. The Labute approximate surface area is 227 Å². The quantitative estimate of drug-likeness (QED) is 0.361. The number of carbonyl (C=O) groups excluding carboxylic acids is 1. The summed E-state index contributed by atoms with van der Waals surface area (Å²) >= 11 is 0. The van der Waals surface area contributed by atoms with Gasteiger partial charge >= 0.3 is 0 Å². The number of aryl methyl sites for hydroxylation is 1. The molecule has 4 aromatic rings. The van der Waals surface area contributed by atoms with E-state index in [1.807, 2.05) is 52.8 Å². The van der Waals surface area contributed by atoms with E-state index in [1.165, 1.54) is 0 Å². The summed E-state index contributed by atoms with van der Waals surface area (Å²) in [6.07, 6.45) is 7.42. The van der Waals surface area contributed by atoms with Crippen LogP contribution in [0.1, 0.15) is 28.8 Å². The predicted molar refractivity (Wildman–Crippen MR) is 152 cm³/mol. The molecule has 2 aromatic carbocycles. The van der Waals surface area contributed by atoms with Crippen LogP contribution in [0.25, 0.3) is 16.9 Å². The van der Waals surface area contributed by atoms with Gasteiger partial charge < -0.3 is 15.5 Å². The first-order valence-corrected chi connectivity index (χ1v) is 13.5. The van der Waals surface area contributed by atoms with Gasteiger partial charge in [-0.25, -0.2) is 9.97 Å². The van der Waals surface area contributed by atoms with Crippen LogP contribution in [0.15, 0.2) is 66.2 Å². The van der Waals surface area contributed by atoms with E-state index in [4.69, 9.17) is 0 Å². The van der Waals surface area contributed by atoms with Gasteiger partial charge in [-0.2, -0.15) is 0 Å². The molecule has 0 bridgehead atoms. The number of carbonyl (C=O) groups is 1. The number of fused-ring (bicyclic) bond motifs is 1. The van der Waals surface area contributed by atoms with Crippen LogP contribution in [0.3, 0.4) is 0 Å². The molecule has 0 radical (unpaired) electrons. The van der Waals surface area contributed by atoms with E-state index >= 15 is 0 Å². The number of nitroso groups, excluding NO2 is 1. The summed E-state index contributed by atoms with van der Waals surface area (Å²) in [5.41, 5.74) is 5.36. The van der Waals surface area contributed by atoms with Crippen LogP contribution in [0.2, 0.25) is 0 Å². The average molecular weight is 525 g/mol. The second kappa shape index (κ2) is 10.9. The van der Waals surface area contributed by atoms with Gasteiger partial charge in [0, 0.05) is 74.5 Å². The summed E-state index contributed by atoms with van der Waals surface area (Å²) in [7, 11) is 0. The molecule has 39 heavy (non-hydrogen) atoms. The van der Waals surface area contributed by atoms with Crippen LogP contribution in [-0.4, -0.2) is 75.4 Å². The number of nitrogens with zero attached hydrogens (tertiary/aromatic N) is 6. The Balaban J connectivity index is 1.15. The van der Waals surface area contributed by atoms with Crippen molar-refractivity contribution in [2.24, 2.45) is 5.18 Å². The lowest BCUT2D eigenvalue weighted by atomic mass is 10.00. The summed E-state index contributed by atoms with van der Waals surface area (Å²) in [5, 5.41) is 9.76. The molecule has 4 heterocycles. The monoisotopic (exact) mass is 524 g/mol. The minimum absolute atomic E-state index is 0.103. The highest BCUT2D eigenvalue weighted by Gasteiger charge is 2.28. The van der Waals surface area contributed by atoms with Gasteiger partial charge in [-0.15, -0.1) is 4.91 Å². The van der Waals surface area contributed by atoms with Crippen molar-refractivity contribution in [3.05, 3.63) is 77.1 Å². The summed E-state index contributed by atoms with van der Waals surface area (Å²) < 4.78 is 1.95. The molecule has 2 saturated heterocycles. The maximum Gasteiger partial charge on any atom is 0.254 e. The molecule has 10 heteroatoms. The second-order valence-electron chi connectivity index (χ2n) is 10.2. The van der Waals surface area contributed by atoms with E-state index < -0.39 is 0 Å². The number of hydrogen-bond acceptors (Lipinski definition) is 8. The van der Waals surface area contributed by atoms with Gasteiger partial charge in [0.1, 0.15) is 5.69 Å². The SMILES string of the molecule is Cc1cc(Nc2nccn3c(-c4ccc(N=O)cc4)cnc23)ccc1C(=O)N1CCC(N2CCNCC2)CC1. The zero-order valence-corrected chi connectivity index (χ0v) is 22.0. The number of rotatable bonds is 6. The number of anilines is 2. The van der Waals surface area contributed by atoms with Crippen molar-refractivity contribution >= 4 is 28.7 Å². The molecule has 2 aliphatic rings. The fraction of sp³-hybridized carbons (Fsp3) is 0.345. The minimum Gasteiger partial charge on any atom is -0.339 e. The Hall–Kier alpha value is -4.15. The van der Waals surface area contributed by atoms with Crippen molar-refractivity contribution < 1.29 is 4.79 Å². The van der Waals surface area contributed by atoms with Crippen LogP contribution in [0, 0.1) is 11.8 Å². The number of likely N-dealkylation sites (tertiary alicyclic amines) is 1. The molecule has 0 unspecified atom stereocenters. The zero-order valence-electron chi connectivity index (χ0n) is 22.0. The predicted octanol–water partition coefficient (Wildman–Crippen LogP) is 4.36. The van der Waals surface area contributed by atoms with Crippen molar-refractivity contribution in [2.45, 2.75) is 25.8 Å². The van der Waals surface area contributed by atoms with Crippen molar-refractivity contribution in [2.75, 3.05) is 44.6 Å². The number of piperazine rings is 1. The fourth-order valence-electron chi connectivity index (χ4n) is 5.68. The third kappa shape index (κ3) is 5.13. The number of hydrogen-bond donors (Lipinski definition) is 2. The maximum atomic E-state index is 13.4. The first kappa shape index (κ1) is 25.1. The van der Waals surface area contributed by atoms with Crippen LogP contribution in [0.4, 0.5) is 17.2 Å². The smallest absolute Gasteiger partial charge is 0.254 e. The molecule has 6 rings (SSSR count). The van der Waals surface area contributed by atoms with Gasteiger partial charge in [0.05, 0.1) is 11.9 Å². The first-order valence-electron chi connectivity index (χ1n) is 13.5. The highest BCUT2D eigenvalue weighted by atomic mass is 16.3. The average Bonchev–Trinajstić information content (AvgIpc) is 3.43. The van der Waals surface area contributed by atoms with Crippen molar-refractivity contribution in [3.63, 3.8) is 0 Å². The van der Waals surface area contributed by atoms with Gasteiger partial charge in [0.2, 0.25) is 0 Å². The maximum absolute atomic E-state index is 13.4. The first-order chi connectivity index (χ1) is 19.1. The summed E-state index contributed by atoms with van der Waals surface area (Å²) in [6, 6.07) is 13.5. The van der Waals surface area contributed by atoms with E-state index in [1.54, 1.807) is 24.5 Å². The number of benzene rings is 2. The van der Waals surface area contributed by atoms with Gasteiger partial charge in [-0.05, 0) is 60.8 Å². The highest BCUT2D eigenvalue weighted by Crippen LogP contribution is 2.28. The molecule has 0 saturated carbocycles. The topological polar surface area (TPSA) is 107 Å². The lowest BCUT2D eigenvalue weighted by Crippen LogP contribution is -2.52. The zero-order chi connectivity index (χ0) is 26.8. The molecule has 2 N–H and O–H groups in total. The standard InChI is InChI=1S/C29H32N8O2/c1-20-18-23(6-7-25(20)29(38)36-13-8-24(9-14-36)35-15-10-30-11-16-35)33-27-28-32-19-26(37(28)17-12-31-27)21-2-4-22(34-39)5-3-21/h2-7,12,17-19,24,30H,8-11,13-16H2,1H3,(H,31,33). The van der Waals surface area contributed by atoms with Crippen LogP contribution in [-0.2, 0) is 0 Å². The number of amides is 1. The molecule has 2 aromatic heterocycles. The molecule has 0 aliphatic carbocycles. The van der Waals surface area contributed by atoms with Gasteiger partial charge in [-0.3, -0.25) is 14.1 Å². The largest absolute Gasteiger partial charge is 0.339 e. The number of aromatic nitrogens is 3. The van der Waals surface area contributed by atoms with Crippen molar-refractivity contribution in [1.82, 2.24) is 29.5 Å². The molecule has 0 spiro atoms. The molecule has 0 atom stereocenters. The van der Waals surface area contributed by atoms with E-state index in [-0.39, 0.29) is 5.91 Å². The normalized spacial score (nSPS) is 16.9. The van der Waals surface area contributed by atoms with Gasteiger partial charge in [-0.1, -0.05) is 12.1 Å². The molecular weight excluding hydrogens is 492 g/mol. The van der Waals surface area contributed by atoms with Crippen LogP contribution >= 0.6 is 0 Å². The highest BCUT2D eigenvalue weighted by molar-refractivity contribution is 5.96. The summed E-state index contributed by atoms with van der Waals surface area (Å²) in [4.78, 5) is 37.8. The molecule has 200 valence electrons. The lowest BCUT2D eigenvalue weighted by Gasteiger charge is -2.40. The number of nitrogens with one attached hydrogen (secondary N) is 2. The summed E-state index contributed by atoms with van der Waals surface area (Å²) in [6.45, 7) is 7.88. The van der Waals surface area contributed by atoms with E-state index in [2.05, 4.69) is 30.7 Å². The van der Waals surface area contributed by atoms with Crippen LogP contribution < -0.4 is 10.6 Å². The molecule has 2 fully saturated rings. The Morgan fingerprint density at radius 1 is 1.03 bits per heavy atom. The molecular formula is C29H32N8O2. The van der Waals surface area contributed by atoms with E-state index in [9.17, 15) is 9.70 Å². The Morgan fingerprint density at radius 3 is 2.51 bits per heavy atom. The summed E-state index contributed by atoms with van der Waals surface area (Å²) in [5.74, 6) is 0.718. The van der Waals surface area contributed by atoms with Gasteiger partial charge in [0.25, 0.3) is 5.91 Å². The third-order valence-electron chi connectivity index (χ3n) is 7.84. The number of piperidine rings is 1. The minimum atomic E-state index is 0.103. The molecule has 10 nitrogen and oxygen atoms in total. The van der Waals surface area contributed by atoms with Crippen molar-refractivity contribution in [3.8, 4) is 11.3 Å². The van der Waals surface area contributed by atoms with Gasteiger partial charge in [0.15, 0.2) is 11.5 Å². The van der Waals surface area contributed by atoms with Crippen LogP contribution in [0.5, 0.6) is 0 Å². The lowest BCUT2D eigenvalue weighted by molar-refractivity contribution is 0.0600. The van der Waals surface area contributed by atoms with E-state index in [0.29, 0.717) is 23.2 Å². The molecule has 1 amide bonds. The Morgan fingerprint density at radius 2 is 1.79 bits per heavy atom. The third-order valence-corrected chi connectivity index (χ3v) is 7.84.